The number of aromatic nitrogens is 1. The maximum atomic E-state index is 5.82. The second kappa shape index (κ2) is 6.21. The van der Waals surface area contributed by atoms with Crippen LogP contribution in [-0.4, -0.2) is 10.7 Å². The molecule has 1 aromatic carbocycles. The third-order valence-electron chi connectivity index (χ3n) is 2.94. The van der Waals surface area contributed by atoms with E-state index in [1.165, 1.54) is 17.4 Å². The first-order valence-corrected chi connectivity index (χ1v) is 7.41. The van der Waals surface area contributed by atoms with Crippen molar-refractivity contribution in [3.63, 3.8) is 0 Å². The highest BCUT2D eigenvalue weighted by atomic mass is 32.2. The number of nitrogens with two attached hydrogens (primary N) is 1. The highest BCUT2D eigenvalue weighted by molar-refractivity contribution is 7.99. The van der Waals surface area contributed by atoms with Gasteiger partial charge in [0.1, 0.15) is 0 Å². The molecule has 0 radical (unpaired) electrons. The molecule has 3 heteroatoms. The number of para-hydroxylation sites is 1. The molecule has 0 spiro atoms. The van der Waals surface area contributed by atoms with Crippen molar-refractivity contribution < 1.29 is 0 Å². The van der Waals surface area contributed by atoms with Gasteiger partial charge in [-0.1, -0.05) is 32.0 Å². The van der Waals surface area contributed by atoms with Gasteiger partial charge in [-0.2, -0.15) is 0 Å². The third kappa shape index (κ3) is 3.24. The van der Waals surface area contributed by atoms with E-state index < -0.39 is 0 Å². The lowest BCUT2D eigenvalue weighted by molar-refractivity contribution is 0.632. The van der Waals surface area contributed by atoms with Crippen molar-refractivity contribution in [3.8, 4) is 0 Å². The first kappa shape index (κ1) is 13.4. The molecular weight excluding hydrogens is 240 g/mol. The maximum Gasteiger partial charge on any atom is 0.0970 e. The van der Waals surface area contributed by atoms with E-state index in [-0.39, 0.29) is 0 Å². The Kier molecular flexibility index (Phi) is 4.61. The number of rotatable bonds is 5. The van der Waals surface area contributed by atoms with Gasteiger partial charge in [0.15, 0.2) is 0 Å². The topological polar surface area (TPSA) is 38.9 Å². The molecule has 2 rings (SSSR count). The fraction of sp³-hybridized carbons (Fsp3) is 0.400. The summed E-state index contributed by atoms with van der Waals surface area (Å²) in [6.45, 7) is 5.07. The lowest BCUT2D eigenvalue weighted by Crippen LogP contribution is -1.99. The Morgan fingerprint density at radius 2 is 2.06 bits per heavy atom. The summed E-state index contributed by atoms with van der Waals surface area (Å²) in [5.74, 6) is 1.86. The number of thioether (sulfide) groups is 1. The average Bonchev–Trinajstić information content (AvgIpc) is 2.37. The van der Waals surface area contributed by atoms with Crippen LogP contribution in [0.15, 0.2) is 35.4 Å². The van der Waals surface area contributed by atoms with Gasteiger partial charge in [-0.25, -0.2) is 4.98 Å². The van der Waals surface area contributed by atoms with E-state index in [4.69, 9.17) is 5.73 Å². The van der Waals surface area contributed by atoms with E-state index in [1.54, 1.807) is 0 Å². The molecule has 2 nitrogen and oxygen atoms in total. The molecule has 1 heterocycles. The summed E-state index contributed by atoms with van der Waals surface area (Å²) in [6, 6.07) is 10.3. The van der Waals surface area contributed by atoms with E-state index in [2.05, 4.69) is 37.0 Å². The Balaban J connectivity index is 2.24. The van der Waals surface area contributed by atoms with Crippen LogP contribution >= 0.6 is 11.8 Å². The number of pyridine rings is 1. The highest BCUT2D eigenvalue weighted by Gasteiger charge is 2.05. The van der Waals surface area contributed by atoms with E-state index in [1.807, 2.05) is 23.9 Å². The normalized spacial score (nSPS) is 11.3. The van der Waals surface area contributed by atoms with E-state index in [0.29, 0.717) is 6.54 Å². The molecule has 18 heavy (non-hydrogen) atoms. The van der Waals surface area contributed by atoms with Crippen LogP contribution in [-0.2, 0) is 6.54 Å². The molecule has 0 amide bonds. The minimum absolute atomic E-state index is 0.570. The monoisotopic (exact) mass is 260 g/mol. The molecule has 2 N–H and O–H groups in total. The second-order valence-electron chi connectivity index (χ2n) is 4.87. The molecule has 0 unspecified atom stereocenters. The minimum atomic E-state index is 0.570. The van der Waals surface area contributed by atoms with Crippen molar-refractivity contribution in [2.24, 2.45) is 11.7 Å². The van der Waals surface area contributed by atoms with Gasteiger partial charge in [0.25, 0.3) is 0 Å². The van der Waals surface area contributed by atoms with Crippen molar-refractivity contribution in [1.29, 1.82) is 0 Å². The first-order valence-electron chi connectivity index (χ1n) is 6.42. The SMILES string of the molecule is CC(C)CCSc1cc(CN)c2ccccc2n1. The number of hydrogen-bond acceptors (Lipinski definition) is 3. The molecule has 2 aromatic rings. The summed E-state index contributed by atoms with van der Waals surface area (Å²) in [4.78, 5) is 4.69. The number of benzene rings is 1. The summed E-state index contributed by atoms with van der Waals surface area (Å²) in [7, 11) is 0. The molecular formula is C15H20N2S. The van der Waals surface area contributed by atoms with Crippen LogP contribution in [0.5, 0.6) is 0 Å². The molecule has 0 atom stereocenters. The Labute approximate surface area is 113 Å². The van der Waals surface area contributed by atoms with Crippen LogP contribution in [0.2, 0.25) is 0 Å². The van der Waals surface area contributed by atoms with Gasteiger partial charge in [-0.05, 0) is 35.8 Å². The fourth-order valence-corrected chi connectivity index (χ4v) is 3.05. The second-order valence-corrected chi connectivity index (χ2v) is 5.99. The highest BCUT2D eigenvalue weighted by Crippen LogP contribution is 2.25. The Morgan fingerprint density at radius 1 is 1.28 bits per heavy atom. The summed E-state index contributed by atoms with van der Waals surface area (Å²) in [5, 5.41) is 2.27. The molecule has 96 valence electrons. The lowest BCUT2D eigenvalue weighted by atomic mass is 10.1. The van der Waals surface area contributed by atoms with Crippen LogP contribution in [0.4, 0.5) is 0 Å². The zero-order valence-electron chi connectivity index (χ0n) is 11.0. The summed E-state index contributed by atoms with van der Waals surface area (Å²) in [5.41, 5.74) is 8.06. The molecule has 0 aliphatic heterocycles. The number of nitrogens with zero attached hydrogens (tertiary/aromatic N) is 1. The molecule has 0 aliphatic rings. The van der Waals surface area contributed by atoms with E-state index in [0.717, 1.165) is 22.2 Å². The Bertz CT molecular complexity index is 523. The zero-order valence-corrected chi connectivity index (χ0v) is 11.8. The van der Waals surface area contributed by atoms with Crippen LogP contribution in [0.3, 0.4) is 0 Å². The van der Waals surface area contributed by atoms with E-state index >= 15 is 0 Å². The first-order chi connectivity index (χ1) is 8.70. The quantitative estimate of drug-likeness (QED) is 0.830. The Hall–Kier alpha value is -1.06. The van der Waals surface area contributed by atoms with Gasteiger partial charge in [0.2, 0.25) is 0 Å². The van der Waals surface area contributed by atoms with Crippen LogP contribution in [0.25, 0.3) is 10.9 Å². The zero-order chi connectivity index (χ0) is 13.0. The lowest BCUT2D eigenvalue weighted by Gasteiger charge is -2.08. The van der Waals surface area contributed by atoms with Crippen molar-refractivity contribution in [3.05, 3.63) is 35.9 Å². The Morgan fingerprint density at radius 3 is 2.78 bits per heavy atom. The standard InChI is InChI=1S/C15H20N2S/c1-11(2)7-8-18-15-9-12(10-16)13-5-3-4-6-14(13)17-15/h3-6,9,11H,7-8,10,16H2,1-2H3. The summed E-state index contributed by atoms with van der Waals surface area (Å²) < 4.78 is 0. The summed E-state index contributed by atoms with van der Waals surface area (Å²) >= 11 is 1.83. The van der Waals surface area contributed by atoms with E-state index in [9.17, 15) is 0 Å². The van der Waals surface area contributed by atoms with Crippen molar-refractivity contribution in [2.75, 3.05) is 5.75 Å². The fourth-order valence-electron chi connectivity index (χ4n) is 1.86. The summed E-state index contributed by atoms with van der Waals surface area (Å²) in [6.07, 6.45) is 1.22. The van der Waals surface area contributed by atoms with Gasteiger partial charge in [-0.15, -0.1) is 11.8 Å². The average molecular weight is 260 g/mol. The minimum Gasteiger partial charge on any atom is -0.326 e. The molecule has 1 aromatic heterocycles. The van der Waals surface area contributed by atoms with Crippen molar-refractivity contribution >= 4 is 22.7 Å². The molecule has 0 fully saturated rings. The van der Waals surface area contributed by atoms with Gasteiger partial charge >= 0.3 is 0 Å². The predicted octanol–water partition coefficient (Wildman–Crippen LogP) is 3.83. The largest absolute Gasteiger partial charge is 0.326 e. The smallest absolute Gasteiger partial charge is 0.0970 e. The van der Waals surface area contributed by atoms with Crippen molar-refractivity contribution in [2.45, 2.75) is 31.8 Å². The van der Waals surface area contributed by atoms with Crippen LogP contribution < -0.4 is 5.73 Å². The van der Waals surface area contributed by atoms with Gasteiger partial charge in [-0.3, -0.25) is 0 Å². The predicted molar refractivity (Wildman–Crippen MR) is 79.8 cm³/mol. The molecule has 0 saturated carbocycles. The van der Waals surface area contributed by atoms with Crippen LogP contribution in [0.1, 0.15) is 25.8 Å². The van der Waals surface area contributed by atoms with Crippen molar-refractivity contribution in [1.82, 2.24) is 4.98 Å². The third-order valence-corrected chi connectivity index (χ3v) is 3.89. The van der Waals surface area contributed by atoms with Gasteiger partial charge in [0.05, 0.1) is 10.5 Å². The maximum absolute atomic E-state index is 5.82. The van der Waals surface area contributed by atoms with Crippen LogP contribution in [0, 0.1) is 5.92 Å². The number of fused-ring (bicyclic) bond motifs is 1. The molecule has 0 saturated heterocycles. The van der Waals surface area contributed by atoms with Gasteiger partial charge in [0, 0.05) is 11.9 Å². The molecule has 0 bridgehead atoms. The van der Waals surface area contributed by atoms with Gasteiger partial charge < -0.3 is 5.73 Å². The molecule has 0 aliphatic carbocycles. The number of hydrogen-bond donors (Lipinski definition) is 1.